The molecule has 1 aromatic carbocycles. The Morgan fingerprint density at radius 1 is 1.42 bits per heavy atom. The maximum atomic E-state index is 11.0. The van der Waals surface area contributed by atoms with Crippen LogP contribution in [-0.4, -0.2) is 30.9 Å². The Labute approximate surface area is 107 Å². The summed E-state index contributed by atoms with van der Waals surface area (Å²) in [5, 5.41) is 23.7. The van der Waals surface area contributed by atoms with Gasteiger partial charge in [0.05, 0.1) is 11.2 Å². The second-order valence-corrected chi connectivity index (χ2v) is 4.25. The number of H-pyrrole nitrogens is 1. The van der Waals surface area contributed by atoms with E-state index < -0.39 is 5.97 Å². The van der Waals surface area contributed by atoms with Gasteiger partial charge in [0.15, 0.2) is 0 Å². The summed E-state index contributed by atoms with van der Waals surface area (Å²) >= 11 is 0. The number of aromatic hydroxyl groups is 1. The molecule has 0 saturated carbocycles. The van der Waals surface area contributed by atoms with Crippen LogP contribution in [0, 0.1) is 0 Å². The number of aromatic amines is 1. The predicted molar refractivity (Wildman–Crippen MR) is 69.1 cm³/mol. The lowest BCUT2D eigenvalue weighted by molar-refractivity contribution is 0.0685. The van der Waals surface area contributed by atoms with Gasteiger partial charge >= 0.3 is 5.97 Å². The molecule has 0 saturated heterocycles. The summed E-state index contributed by atoms with van der Waals surface area (Å²) in [4.78, 5) is 14.0. The number of carboxylic acids is 1. The van der Waals surface area contributed by atoms with Crippen LogP contribution in [0.1, 0.15) is 10.5 Å². The van der Waals surface area contributed by atoms with E-state index in [1.807, 2.05) is 6.07 Å². The molecule has 2 aromatic heterocycles. The molecule has 6 heteroatoms. The number of aromatic nitrogens is 3. The third-order valence-electron chi connectivity index (χ3n) is 3.07. The number of hydrogen-bond donors (Lipinski definition) is 3. The topological polar surface area (TPSA) is 91.1 Å². The summed E-state index contributed by atoms with van der Waals surface area (Å²) in [5.74, 6) is -0.873. The van der Waals surface area contributed by atoms with Gasteiger partial charge in [0.25, 0.3) is 0 Å². The van der Waals surface area contributed by atoms with Gasteiger partial charge in [-0.3, -0.25) is 4.68 Å². The molecular weight excluding hydrogens is 246 g/mol. The molecule has 19 heavy (non-hydrogen) atoms. The van der Waals surface area contributed by atoms with Gasteiger partial charge in [-0.25, -0.2) is 4.79 Å². The van der Waals surface area contributed by atoms with Crippen LogP contribution in [-0.2, 0) is 7.05 Å². The van der Waals surface area contributed by atoms with Crippen LogP contribution in [0.4, 0.5) is 0 Å². The zero-order valence-electron chi connectivity index (χ0n) is 10.1. The average molecular weight is 257 g/mol. The Balaban J connectivity index is 2.22. The van der Waals surface area contributed by atoms with E-state index in [9.17, 15) is 9.90 Å². The van der Waals surface area contributed by atoms with Crippen molar-refractivity contribution in [3.05, 3.63) is 36.2 Å². The third-order valence-corrected chi connectivity index (χ3v) is 3.07. The van der Waals surface area contributed by atoms with Gasteiger partial charge in [0, 0.05) is 24.2 Å². The number of phenolic OH excluding ortho intramolecular Hbond substituents is 1. The number of benzene rings is 1. The Morgan fingerprint density at radius 3 is 2.89 bits per heavy atom. The predicted octanol–water partition coefficient (Wildman–Crippen LogP) is 1.97. The number of phenols is 1. The second-order valence-electron chi connectivity index (χ2n) is 4.25. The molecule has 0 atom stereocenters. The summed E-state index contributed by atoms with van der Waals surface area (Å²) in [6, 6.07) is 6.67. The number of aryl methyl sites for hydroxylation is 1. The number of nitrogens with one attached hydrogen (secondary N) is 1. The molecule has 0 aliphatic heterocycles. The SMILES string of the molecule is Cn1nc(-c2c[nH]c3c(O)cccc23)cc1C(=O)O. The van der Waals surface area contributed by atoms with Crippen molar-refractivity contribution in [1.82, 2.24) is 14.8 Å². The minimum absolute atomic E-state index is 0.115. The number of nitrogens with zero attached hydrogens (tertiary/aromatic N) is 2. The molecule has 6 nitrogen and oxygen atoms in total. The van der Waals surface area contributed by atoms with E-state index in [0.717, 1.165) is 10.9 Å². The maximum Gasteiger partial charge on any atom is 0.354 e. The summed E-state index contributed by atoms with van der Waals surface area (Å²) in [6.07, 6.45) is 1.71. The molecule has 0 aliphatic rings. The van der Waals surface area contributed by atoms with Gasteiger partial charge in [-0.2, -0.15) is 5.10 Å². The average Bonchev–Trinajstić information content (AvgIpc) is 2.93. The van der Waals surface area contributed by atoms with Crippen molar-refractivity contribution >= 4 is 16.9 Å². The lowest BCUT2D eigenvalue weighted by atomic mass is 10.1. The van der Waals surface area contributed by atoms with Crippen LogP contribution >= 0.6 is 0 Å². The van der Waals surface area contributed by atoms with Crippen LogP contribution in [0.5, 0.6) is 5.75 Å². The van der Waals surface area contributed by atoms with Gasteiger partial charge in [0.2, 0.25) is 0 Å². The highest BCUT2D eigenvalue weighted by Crippen LogP contribution is 2.32. The number of rotatable bonds is 2. The van der Waals surface area contributed by atoms with Crippen molar-refractivity contribution in [2.75, 3.05) is 0 Å². The van der Waals surface area contributed by atoms with Crippen molar-refractivity contribution < 1.29 is 15.0 Å². The van der Waals surface area contributed by atoms with E-state index in [4.69, 9.17) is 5.11 Å². The maximum absolute atomic E-state index is 11.0. The van der Waals surface area contributed by atoms with Crippen molar-refractivity contribution in [2.24, 2.45) is 7.05 Å². The van der Waals surface area contributed by atoms with Gasteiger partial charge in [-0.05, 0) is 12.1 Å². The molecule has 0 bridgehead atoms. The first-order chi connectivity index (χ1) is 9.08. The zero-order valence-corrected chi connectivity index (χ0v) is 10.1. The monoisotopic (exact) mass is 257 g/mol. The Hall–Kier alpha value is -2.76. The molecule has 0 radical (unpaired) electrons. The number of para-hydroxylation sites is 1. The molecule has 3 N–H and O–H groups in total. The second kappa shape index (κ2) is 3.88. The fourth-order valence-corrected chi connectivity index (χ4v) is 2.15. The molecule has 0 fully saturated rings. The smallest absolute Gasteiger partial charge is 0.354 e. The summed E-state index contributed by atoms with van der Waals surface area (Å²) < 4.78 is 1.32. The highest BCUT2D eigenvalue weighted by Gasteiger charge is 2.16. The zero-order chi connectivity index (χ0) is 13.6. The summed E-state index contributed by atoms with van der Waals surface area (Å²) in [6.45, 7) is 0. The number of fused-ring (bicyclic) bond motifs is 1. The summed E-state index contributed by atoms with van der Waals surface area (Å²) in [5.41, 5.74) is 2.04. The van der Waals surface area contributed by atoms with Crippen LogP contribution in [0.2, 0.25) is 0 Å². The quantitative estimate of drug-likeness (QED) is 0.654. The van der Waals surface area contributed by atoms with Gasteiger partial charge in [0.1, 0.15) is 11.4 Å². The fourth-order valence-electron chi connectivity index (χ4n) is 2.15. The van der Waals surface area contributed by atoms with E-state index in [2.05, 4.69) is 10.1 Å². The molecule has 96 valence electrons. The van der Waals surface area contributed by atoms with Gasteiger partial charge in [-0.15, -0.1) is 0 Å². The van der Waals surface area contributed by atoms with Crippen LogP contribution in [0.25, 0.3) is 22.2 Å². The van der Waals surface area contributed by atoms with E-state index in [1.165, 1.54) is 10.7 Å². The number of carboxylic acid groups (broad SMARTS) is 1. The van der Waals surface area contributed by atoms with E-state index in [-0.39, 0.29) is 11.4 Å². The molecule has 0 amide bonds. The molecule has 2 heterocycles. The van der Waals surface area contributed by atoms with Gasteiger partial charge < -0.3 is 15.2 Å². The van der Waals surface area contributed by atoms with Crippen molar-refractivity contribution in [1.29, 1.82) is 0 Å². The first kappa shape index (κ1) is 11.3. The molecule has 0 unspecified atom stereocenters. The van der Waals surface area contributed by atoms with Crippen LogP contribution in [0.15, 0.2) is 30.5 Å². The highest BCUT2D eigenvalue weighted by molar-refractivity contribution is 5.98. The van der Waals surface area contributed by atoms with Crippen molar-refractivity contribution in [3.8, 4) is 17.0 Å². The van der Waals surface area contributed by atoms with E-state index >= 15 is 0 Å². The lowest BCUT2D eigenvalue weighted by Crippen LogP contribution is -2.04. The number of hydrogen-bond acceptors (Lipinski definition) is 3. The molecule has 0 aliphatic carbocycles. The standard InChI is InChI=1S/C13H11N3O3/c1-16-10(13(18)19)5-9(15-16)8-6-14-12-7(8)3-2-4-11(12)17/h2-6,14,17H,1H3,(H,18,19). The number of aromatic carboxylic acids is 1. The van der Waals surface area contributed by atoms with Crippen molar-refractivity contribution in [2.45, 2.75) is 0 Å². The molecular formula is C13H11N3O3. The highest BCUT2D eigenvalue weighted by atomic mass is 16.4. The number of carbonyl (C=O) groups is 1. The summed E-state index contributed by atoms with van der Waals surface area (Å²) in [7, 11) is 1.58. The molecule has 3 aromatic rings. The van der Waals surface area contributed by atoms with Crippen molar-refractivity contribution in [3.63, 3.8) is 0 Å². The Bertz CT molecular complexity index is 786. The Kier molecular flexibility index (Phi) is 2.31. The minimum Gasteiger partial charge on any atom is -0.506 e. The minimum atomic E-state index is -1.02. The van der Waals surface area contributed by atoms with Gasteiger partial charge in [-0.1, -0.05) is 12.1 Å². The van der Waals surface area contributed by atoms with Crippen LogP contribution in [0.3, 0.4) is 0 Å². The first-order valence-electron chi connectivity index (χ1n) is 5.64. The lowest BCUT2D eigenvalue weighted by Gasteiger charge is -1.96. The fraction of sp³-hybridized carbons (Fsp3) is 0.0769. The molecule has 3 rings (SSSR count). The largest absolute Gasteiger partial charge is 0.506 e. The van der Waals surface area contributed by atoms with E-state index in [1.54, 1.807) is 25.4 Å². The normalized spacial score (nSPS) is 11.0. The van der Waals surface area contributed by atoms with E-state index in [0.29, 0.717) is 11.2 Å². The first-order valence-corrected chi connectivity index (χ1v) is 5.64. The van der Waals surface area contributed by atoms with Crippen LogP contribution < -0.4 is 0 Å². The third kappa shape index (κ3) is 1.65. The Morgan fingerprint density at radius 2 is 2.21 bits per heavy atom. The molecule has 0 spiro atoms.